The van der Waals surface area contributed by atoms with Gasteiger partial charge in [0.1, 0.15) is 0 Å². The maximum atomic E-state index is 11.3. The number of halogens is 2. The molecule has 0 aliphatic heterocycles. The van der Waals surface area contributed by atoms with E-state index in [1.807, 2.05) is 0 Å². The zero-order valence-corrected chi connectivity index (χ0v) is 13.2. The molecule has 3 rings (SSSR count). The second-order valence-corrected chi connectivity index (χ2v) is 5.56. The Balaban J connectivity index is 2.00. The molecular formula is C16H11Cl2N3O2. The summed E-state index contributed by atoms with van der Waals surface area (Å²) in [6.07, 6.45) is 1.70. The van der Waals surface area contributed by atoms with E-state index >= 15 is 0 Å². The first-order valence-corrected chi connectivity index (χ1v) is 7.40. The Labute approximate surface area is 141 Å². The van der Waals surface area contributed by atoms with E-state index in [1.54, 1.807) is 42.6 Å². The van der Waals surface area contributed by atoms with Gasteiger partial charge in [0.2, 0.25) is 0 Å². The van der Waals surface area contributed by atoms with Crippen LogP contribution >= 0.6 is 23.2 Å². The van der Waals surface area contributed by atoms with Crippen LogP contribution in [0.15, 0.2) is 48.7 Å². The number of carboxylic acid groups (broad SMARTS) is 1. The molecule has 3 aromatic rings. The number of anilines is 2. The topological polar surface area (TPSA) is 78.0 Å². The van der Waals surface area contributed by atoms with Gasteiger partial charge in [-0.25, -0.2) is 4.79 Å². The summed E-state index contributed by atoms with van der Waals surface area (Å²) in [6.45, 7) is 0. The molecule has 2 aromatic carbocycles. The maximum absolute atomic E-state index is 11.3. The lowest BCUT2D eigenvalue weighted by atomic mass is 10.1. The number of aromatic carboxylic acids is 1. The summed E-state index contributed by atoms with van der Waals surface area (Å²) in [6, 6.07) is 11.8. The van der Waals surface area contributed by atoms with Crippen LogP contribution in [0.2, 0.25) is 10.0 Å². The number of aromatic nitrogens is 2. The van der Waals surface area contributed by atoms with Crippen LogP contribution in [-0.4, -0.2) is 21.3 Å². The molecule has 23 heavy (non-hydrogen) atoms. The average molecular weight is 348 g/mol. The molecule has 0 radical (unpaired) electrons. The quantitative estimate of drug-likeness (QED) is 0.631. The van der Waals surface area contributed by atoms with Crippen LogP contribution in [0, 0.1) is 0 Å². The third-order valence-corrected chi connectivity index (χ3v) is 3.85. The number of H-pyrrole nitrogens is 1. The third-order valence-electron chi connectivity index (χ3n) is 3.26. The van der Waals surface area contributed by atoms with Crippen molar-refractivity contribution in [2.45, 2.75) is 0 Å². The van der Waals surface area contributed by atoms with Crippen molar-refractivity contribution < 1.29 is 9.90 Å². The Morgan fingerprint density at radius 3 is 2.43 bits per heavy atom. The lowest BCUT2D eigenvalue weighted by Crippen LogP contribution is -2.03. The number of nitrogens with zero attached hydrogens (tertiary/aromatic N) is 1. The molecule has 3 N–H and O–H groups in total. The molecule has 5 nitrogen and oxygen atoms in total. The molecule has 0 aliphatic carbocycles. The fourth-order valence-corrected chi connectivity index (χ4v) is 2.76. The van der Waals surface area contributed by atoms with Crippen molar-refractivity contribution in [3.8, 4) is 11.3 Å². The number of para-hydroxylation sites is 1. The molecule has 0 bridgehead atoms. The number of carbonyl (C=O) groups is 1. The number of rotatable bonds is 4. The van der Waals surface area contributed by atoms with E-state index in [0.29, 0.717) is 27.1 Å². The van der Waals surface area contributed by atoms with Crippen LogP contribution in [0.1, 0.15) is 10.4 Å². The zero-order chi connectivity index (χ0) is 16.4. The van der Waals surface area contributed by atoms with Crippen molar-refractivity contribution >= 4 is 40.5 Å². The molecular weight excluding hydrogens is 337 g/mol. The summed E-state index contributed by atoms with van der Waals surface area (Å²) >= 11 is 12.6. The monoisotopic (exact) mass is 347 g/mol. The summed E-state index contributed by atoms with van der Waals surface area (Å²) < 4.78 is 0. The number of carboxylic acids is 1. The van der Waals surface area contributed by atoms with Crippen LogP contribution in [-0.2, 0) is 0 Å². The van der Waals surface area contributed by atoms with E-state index < -0.39 is 5.97 Å². The lowest BCUT2D eigenvalue weighted by molar-refractivity contribution is 0.0698. The van der Waals surface area contributed by atoms with Gasteiger partial charge >= 0.3 is 5.97 Å². The first-order chi connectivity index (χ1) is 11.1. The Kier molecular flexibility index (Phi) is 4.23. The molecule has 1 heterocycles. The van der Waals surface area contributed by atoms with Crippen LogP contribution in [0.4, 0.5) is 11.4 Å². The minimum atomic E-state index is -1.03. The summed E-state index contributed by atoms with van der Waals surface area (Å²) in [4.78, 5) is 11.3. The summed E-state index contributed by atoms with van der Waals surface area (Å²) in [5.41, 5.74) is 2.47. The Morgan fingerprint density at radius 2 is 1.83 bits per heavy atom. The number of benzene rings is 2. The number of aromatic amines is 1. The van der Waals surface area contributed by atoms with Gasteiger partial charge in [-0.3, -0.25) is 5.10 Å². The van der Waals surface area contributed by atoms with Gasteiger partial charge in [0.25, 0.3) is 0 Å². The maximum Gasteiger partial charge on any atom is 0.337 e. The van der Waals surface area contributed by atoms with Crippen LogP contribution in [0.25, 0.3) is 11.3 Å². The molecule has 0 atom stereocenters. The Bertz CT molecular complexity index is 841. The highest BCUT2D eigenvalue weighted by molar-refractivity contribution is 6.39. The molecule has 0 saturated heterocycles. The molecule has 0 amide bonds. The SMILES string of the molecule is O=C(O)c1ccccc1Nc1c(Cl)cc(-c2cc[nH]n2)cc1Cl. The molecule has 7 heteroatoms. The minimum Gasteiger partial charge on any atom is -0.478 e. The number of nitrogens with one attached hydrogen (secondary N) is 2. The molecule has 0 aliphatic rings. The van der Waals surface area contributed by atoms with Crippen molar-refractivity contribution in [1.29, 1.82) is 0 Å². The van der Waals surface area contributed by atoms with Crippen LogP contribution in [0.5, 0.6) is 0 Å². The molecule has 116 valence electrons. The first-order valence-electron chi connectivity index (χ1n) is 6.65. The predicted molar refractivity (Wildman–Crippen MR) is 90.7 cm³/mol. The van der Waals surface area contributed by atoms with Gasteiger partial charge < -0.3 is 10.4 Å². The summed E-state index contributed by atoms with van der Waals surface area (Å²) in [5, 5.41) is 19.8. The highest BCUT2D eigenvalue weighted by Gasteiger charge is 2.14. The highest BCUT2D eigenvalue weighted by Crippen LogP contribution is 2.37. The highest BCUT2D eigenvalue weighted by atomic mass is 35.5. The van der Waals surface area contributed by atoms with E-state index in [-0.39, 0.29) is 5.56 Å². The lowest BCUT2D eigenvalue weighted by Gasteiger charge is -2.13. The smallest absolute Gasteiger partial charge is 0.337 e. The van der Waals surface area contributed by atoms with E-state index in [2.05, 4.69) is 15.5 Å². The van der Waals surface area contributed by atoms with Crippen LogP contribution < -0.4 is 5.32 Å². The first kappa shape index (κ1) is 15.4. The molecule has 1 aromatic heterocycles. The third kappa shape index (κ3) is 3.16. The van der Waals surface area contributed by atoms with Crippen molar-refractivity contribution in [2.24, 2.45) is 0 Å². The van der Waals surface area contributed by atoms with Gasteiger partial charge in [0.05, 0.1) is 32.7 Å². The van der Waals surface area contributed by atoms with Gasteiger partial charge in [-0.1, -0.05) is 35.3 Å². The van der Waals surface area contributed by atoms with Gasteiger partial charge in [0, 0.05) is 11.8 Å². The zero-order valence-electron chi connectivity index (χ0n) is 11.7. The fourth-order valence-electron chi connectivity index (χ4n) is 2.17. The second kappa shape index (κ2) is 6.32. The number of hydrogen-bond donors (Lipinski definition) is 3. The van der Waals surface area contributed by atoms with Crippen molar-refractivity contribution in [1.82, 2.24) is 10.2 Å². The number of hydrogen-bond acceptors (Lipinski definition) is 3. The predicted octanol–water partition coefficient (Wildman–Crippen LogP) is 4.83. The van der Waals surface area contributed by atoms with E-state index in [4.69, 9.17) is 23.2 Å². The van der Waals surface area contributed by atoms with Gasteiger partial charge in [0.15, 0.2) is 0 Å². The fraction of sp³-hybridized carbons (Fsp3) is 0. The minimum absolute atomic E-state index is 0.135. The second-order valence-electron chi connectivity index (χ2n) is 4.75. The summed E-state index contributed by atoms with van der Waals surface area (Å²) in [7, 11) is 0. The van der Waals surface area contributed by atoms with Gasteiger partial charge in [-0.2, -0.15) is 5.10 Å². The van der Waals surface area contributed by atoms with Crippen molar-refractivity contribution in [2.75, 3.05) is 5.32 Å². The van der Waals surface area contributed by atoms with E-state index in [1.165, 1.54) is 6.07 Å². The van der Waals surface area contributed by atoms with Gasteiger partial charge in [-0.15, -0.1) is 0 Å². The Hall–Kier alpha value is -2.50. The molecule has 0 saturated carbocycles. The van der Waals surface area contributed by atoms with Crippen molar-refractivity contribution in [3.05, 3.63) is 64.3 Å². The molecule has 0 spiro atoms. The standard InChI is InChI=1S/C16H11Cl2N3O2/c17-11-7-9(13-5-6-19-21-13)8-12(18)15(11)20-14-4-2-1-3-10(14)16(22)23/h1-8,20H,(H,19,21)(H,22,23). The normalized spacial score (nSPS) is 10.5. The molecule has 0 unspecified atom stereocenters. The van der Waals surface area contributed by atoms with Crippen LogP contribution in [0.3, 0.4) is 0 Å². The molecule has 0 fully saturated rings. The largest absolute Gasteiger partial charge is 0.478 e. The van der Waals surface area contributed by atoms with Gasteiger partial charge in [-0.05, 0) is 30.3 Å². The average Bonchev–Trinajstić information content (AvgIpc) is 3.05. The Morgan fingerprint density at radius 1 is 1.13 bits per heavy atom. The van der Waals surface area contributed by atoms with E-state index in [0.717, 1.165) is 5.56 Å². The van der Waals surface area contributed by atoms with Crippen molar-refractivity contribution in [3.63, 3.8) is 0 Å². The summed E-state index contributed by atoms with van der Waals surface area (Å²) in [5.74, 6) is -1.03. The van der Waals surface area contributed by atoms with E-state index in [9.17, 15) is 9.90 Å².